The van der Waals surface area contributed by atoms with Crippen LogP contribution in [0.5, 0.6) is 5.75 Å². The van der Waals surface area contributed by atoms with Crippen molar-refractivity contribution in [3.05, 3.63) is 59.7 Å². The van der Waals surface area contributed by atoms with Crippen molar-refractivity contribution in [2.45, 2.75) is 39.0 Å². The Labute approximate surface area is 175 Å². The summed E-state index contributed by atoms with van der Waals surface area (Å²) in [5, 5.41) is 12.3. The molecular formula is C22H26N4O2S. The quantitative estimate of drug-likeness (QED) is 0.538. The third kappa shape index (κ3) is 5.60. The summed E-state index contributed by atoms with van der Waals surface area (Å²) in [6.07, 6.45) is 0. The summed E-state index contributed by atoms with van der Waals surface area (Å²) in [4.78, 5) is 12.3. The molecule has 0 fully saturated rings. The number of amides is 1. The zero-order valence-electron chi connectivity index (χ0n) is 17.0. The normalized spacial score (nSPS) is 10.7. The van der Waals surface area contributed by atoms with Crippen LogP contribution >= 0.6 is 11.8 Å². The van der Waals surface area contributed by atoms with Gasteiger partial charge in [0.05, 0.1) is 12.4 Å². The van der Waals surface area contributed by atoms with E-state index in [9.17, 15) is 4.79 Å². The number of aromatic nitrogens is 3. The van der Waals surface area contributed by atoms with E-state index in [1.165, 1.54) is 17.3 Å². The van der Waals surface area contributed by atoms with Gasteiger partial charge in [0.15, 0.2) is 11.0 Å². The average Bonchev–Trinajstić information content (AvgIpc) is 3.14. The minimum absolute atomic E-state index is 0.0421. The fourth-order valence-electron chi connectivity index (χ4n) is 2.97. The molecule has 152 valence electrons. The number of aryl methyl sites for hydroxylation is 1. The molecule has 0 spiro atoms. The summed E-state index contributed by atoms with van der Waals surface area (Å²) in [5.74, 6) is 1.89. The van der Waals surface area contributed by atoms with E-state index in [1.807, 2.05) is 47.9 Å². The fourth-order valence-corrected chi connectivity index (χ4v) is 3.80. The Hall–Kier alpha value is -2.80. The fraction of sp³-hybridized carbons (Fsp3) is 0.318. The van der Waals surface area contributed by atoms with Gasteiger partial charge < -0.3 is 14.6 Å². The van der Waals surface area contributed by atoms with Gasteiger partial charge in [-0.1, -0.05) is 47.7 Å². The lowest BCUT2D eigenvalue weighted by atomic mass is 10.1. The molecule has 2 aromatic carbocycles. The summed E-state index contributed by atoms with van der Waals surface area (Å²) >= 11 is 1.40. The van der Waals surface area contributed by atoms with Crippen LogP contribution in [0.1, 0.15) is 25.0 Å². The number of thioether (sulfide) groups is 1. The molecule has 0 saturated heterocycles. The molecule has 0 unspecified atom stereocenters. The molecule has 29 heavy (non-hydrogen) atoms. The molecule has 1 heterocycles. The first-order valence-electron chi connectivity index (χ1n) is 9.72. The lowest BCUT2D eigenvalue weighted by molar-refractivity contribution is -0.118. The number of carbonyl (C=O) groups excluding carboxylic acids is 1. The van der Waals surface area contributed by atoms with E-state index < -0.39 is 0 Å². The first kappa shape index (κ1) is 20.9. The zero-order chi connectivity index (χ0) is 20.6. The van der Waals surface area contributed by atoms with Gasteiger partial charge in [-0.05, 0) is 44.5 Å². The van der Waals surface area contributed by atoms with Gasteiger partial charge in [-0.25, -0.2) is 0 Å². The number of hydrogen-bond acceptors (Lipinski definition) is 5. The SMILES string of the molecule is CCOc1cccc(CNC(=O)CSc2nnc(-c3cccc(C)c3)n2CC)c1. The highest BCUT2D eigenvalue weighted by molar-refractivity contribution is 7.99. The van der Waals surface area contributed by atoms with Crippen molar-refractivity contribution in [2.75, 3.05) is 12.4 Å². The zero-order valence-corrected chi connectivity index (χ0v) is 17.8. The maximum Gasteiger partial charge on any atom is 0.230 e. The molecule has 0 aliphatic rings. The molecule has 0 saturated carbocycles. The topological polar surface area (TPSA) is 69.0 Å². The van der Waals surface area contributed by atoms with Crippen LogP contribution in [-0.2, 0) is 17.9 Å². The minimum Gasteiger partial charge on any atom is -0.494 e. The van der Waals surface area contributed by atoms with Gasteiger partial charge in [-0.2, -0.15) is 0 Å². The second kappa shape index (κ2) is 10.1. The standard InChI is InChI=1S/C22H26N4O2S/c1-4-26-21(18-10-6-8-16(3)12-18)24-25-22(26)29-15-20(27)23-14-17-9-7-11-19(13-17)28-5-2/h6-13H,4-5,14-15H2,1-3H3,(H,23,27). The Kier molecular flexibility index (Phi) is 7.30. The Morgan fingerprint density at radius 2 is 1.97 bits per heavy atom. The first-order chi connectivity index (χ1) is 14.1. The molecule has 0 aliphatic carbocycles. The van der Waals surface area contributed by atoms with E-state index in [1.54, 1.807) is 0 Å². The highest BCUT2D eigenvalue weighted by Crippen LogP contribution is 2.24. The Bertz CT molecular complexity index is 971. The monoisotopic (exact) mass is 410 g/mol. The summed E-state index contributed by atoms with van der Waals surface area (Å²) in [5.41, 5.74) is 3.22. The van der Waals surface area contributed by atoms with Crippen LogP contribution in [0.25, 0.3) is 11.4 Å². The highest BCUT2D eigenvalue weighted by atomic mass is 32.2. The van der Waals surface area contributed by atoms with Crippen molar-refractivity contribution in [3.63, 3.8) is 0 Å². The molecule has 3 aromatic rings. The summed E-state index contributed by atoms with van der Waals surface area (Å²) in [6, 6.07) is 15.9. The lowest BCUT2D eigenvalue weighted by Gasteiger charge is -2.09. The van der Waals surface area contributed by atoms with Gasteiger partial charge in [0.25, 0.3) is 0 Å². The van der Waals surface area contributed by atoms with Crippen LogP contribution in [0.4, 0.5) is 0 Å². The van der Waals surface area contributed by atoms with Gasteiger partial charge in [0.1, 0.15) is 5.75 Å². The molecule has 6 nitrogen and oxygen atoms in total. The van der Waals surface area contributed by atoms with Crippen molar-refractivity contribution in [2.24, 2.45) is 0 Å². The van der Waals surface area contributed by atoms with Gasteiger partial charge in [-0.15, -0.1) is 10.2 Å². The van der Waals surface area contributed by atoms with Crippen LogP contribution in [0.15, 0.2) is 53.7 Å². The summed E-state index contributed by atoms with van der Waals surface area (Å²) < 4.78 is 7.54. The van der Waals surface area contributed by atoms with Gasteiger partial charge in [0, 0.05) is 18.7 Å². The van der Waals surface area contributed by atoms with Gasteiger partial charge in [-0.3, -0.25) is 4.79 Å². The van der Waals surface area contributed by atoms with Gasteiger partial charge >= 0.3 is 0 Å². The molecular weight excluding hydrogens is 384 g/mol. The van der Waals surface area contributed by atoms with Crippen molar-refractivity contribution in [1.29, 1.82) is 0 Å². The average molecular weight is 411 g/mol. The molecule has 0 atom stereocenters. The van der Waals surface area contributed by atoms with Crippen molar-refractivity contribution in [3.8, 4) is 17.1 Å². The van der Waals surface area contributed by atoms with E-state index in [-0.39, 0.29) is 11.7 Å². The molecule has 0 aliphatic heterocycles. The minimum atomic E-state index is -0.0421. The van der Waals surface area contributed by atoms with E-state index >= 15 is 0 Å². The van der Waals surface area contributed by atoms with Crippen LogP contribution in [0.2, 0.25) is 0 Å². The first-order valence-corrected chi connectivity index (χ1v) is 10.7. The third-order valence-corrected chi connectivity index (χ3v) is 5.31. The molecule has 1 aromatic heterocycles. The number of rotatable bonds is 9. The Morgan fingerprint density at radius 1 is 1.14 bits per heavy atom. The number of ether oxygens (including phenoxy) is 1. The molecule has 3 rings (SSSR count). The second-order valence-electron chi connectivity index (χ2n) is 6.57. The number of hydrogen-bond donors (Lipinski definition) is 1. The molecule has 0 radical (unpaired) electrons. The Morgan fingerprint density at radius 3 is 2.72 bits per heavy atom. The summed E-state index contributed by atoms with van der Waals surface area (Å²) in [7, 11) is 0. The lowest BCUT2D eigenvalue weighted by Crippen LogP contribution is -2.24. The Balaban J connectivity index is 1.58. The van der Waals surface area contributed by atoms with Crippen LogP contribution in [0, 0.1) is 6.92 Å². The maximum absolute atomic E-state index is 12.3. The predicted molar refractivity (Wildman–Crippen MR) is 116 cm³/mol. The number of benzene rings is 2. The maximum atomic E-state index is 12.3. The molecule has 1 N–H and O–H groups in total. The predicted octanol–water partition coefficient (Wildman–Crippen LogP) is 4.08. The second-order valence-corrected chi connectivity index (χ2v) is 7.51. The molecule has 1 amide bonds. The van der Waals surface area contributed by atoms with Crippen molar-refractivity contribution >= 4 is 17.7 Å². The van der Waals surface area contributed by atoms with Crippen LogP contribution < -0.4 is 10.1 Å². The van der Waals surface area contributed by atoms with Gasteiger partial charge in [0.2, 0.25) is 5.91 Å². The van der Waals surface area contributed by atoms with E-state index in [2.05, 4.69) is 41.5 Å². The van der Waals surface area contributed by atoms with E-state index in [0.717, 1.165) is 34.4 Å². The van der Waals surface area contributed by atoms with Crippen LogP contribution in [0.3, 0.4) is 0 Å². The molecule has 0 bridgehead atoms. The smallest absolute Gasteiger partial charge is 0.230 e. The van der Waals surface area contributed by atoms with Crippen LogP contribution in [-0.4, -0.2) is 33.0 Å². The number of nitrogens with zero attached hydrogens (tertiary/aromatic N) is 3. The van der Waals surface area contributed by atoms with Crippen molar-refractivity contribution in [1.82, 2.24) is 20.1 Å². The summed E-state index contributed by atoms with van der Waals surface area (Å²) in [6.45, 7) is 7.89. The largest absolute Gasteiger partial charge is 0.494 e. The number of carbonyl (C=O) groups is 1. The van der Waals surface area contributed by atoms with E-state index in [0.29, 0.717) is 13.2 Å². The number of nitrogens with one attached hydrogen (secondary N) is 1. The van der Waals surface area contributed by atoms with E-state index in [4.69, 9.17) is 4.74 Å². The van der Waals surface area contributed by atoms with Crippen molar-refractivity contribution < 1.29 is 9.53 Å². The molecule has 7 heteroatoms. The third-order valence-electron chi connectivity index (χ3n) is 4.34. The highest BCUT2D eigenvalue weighted by Gasteiger charge is 2.14.